The summed E-state index contributed by atoms with van der Waals surface area (Å²) in [6.07, 6.45) is 10.9. The lowest BCUT2D eigenvalue weighted by Crippen LogP contribution is -2.38. The van der Waals surface area contributed by atoms with Crippen LogP contribution in [0.5, 0.6) is 0 Å². The van der Waals surface area contributed by atoms with Crippen LogP contribution in [-0.4, -0.2) is 28.3 Å². The smallest absolute Gasteiger partial charge is 0.109 e. The summed E-state index contributed by atoms with van der Waals surface area (Å²) in [5.41, 5.74) is 2.90. The molecule has 1 aromatic rings. The number of nitrogens with one attached hydrogen (secondary N) is 1. The van der Waals surface area contributed by atoms with Crippen molar-refractivity contribution in [3.63, 3.8) is 0 Å². The standard InChI is InChI=1S/C13H24N4O/c1-17-8-7-15-13(17)10-11(16-14)5-6-12-4-2-3-9-18-12/h7-8,11-12,16H,2-6,9-10,14H2,1H3. The van der Waals surface area contributed by atoms with E-state index >= 15 is 0 Å². The number of hydrogen-bond acceptors (Lipinski definition) is 4. The summed E-state index contributed by atoms with van der Waals surface area (Å²) in [7, 11) is 2.01. The van der Waals surface area contributed by atoms with E-state index in [0.717, 1.165) is 31.7 Å². The molecule has 102 valence electrons. The third-order valence-electron chi connectivity index (χ3n) is 3.70. The van der Waals surface area contributed by atoms with Crippen LogP contribution in [0.2, 0.25) is 0 Å². The van der Waals surface area contributed by atoms with E-state index in [4.69, 9.17) is 10.6 Å². The van der Waals surface area contributed by atoms with Gasteiger partial charge in [0.25, 0.3) is 0 Å². The highest BCUT2D eigenvalue weighted by Crippen LogP contribution is 2.18. The van der Waals surface area contributed by atoms with Gasteiger partial charge in [-0.2, -0.15) is 0 Å². The molecular weight excluding hydrogens is 228 g/mol. The number of rotatable bonds is 6. The zero-order chi connectivity index (χ0) is 12.8. The van der Waals surface area contributed by atoms with Crippen molar-refractivity contribution in [2.75, 3.05) is 6.61 Å². The Bertz CT molecular complexity index is 347. The van der Waals surface area contributed by atoms with E-state index in [0.29, 0.717) is 6.10 Å². The quantitative estimate of drug-likeness (QED) is 0.589. The van der Waals surface area contributed by atoms with E-state index in [1.54, 1.807) is 0 Å². The molecule has 1 aliphatic rings. The molecule has 0 bridgehead atoms. The second kappa shape index (κ2) is 6.87. The SMILES string of the molecule is Cn1ccnc1CC(CCC1CCCCO1)NN. The normalized spacial score (nSPS) is 22.0. The third kappa shape index (κ3) is 3.80. The first-order valence-electron chi connectivity index (χ1n) is 6.83. The molecule has 2 rings (SSSR count). The predicted molar refractivity (Wildman–Crippen MR) is 70.8 cm³/mol. The van der Waals surface area contributed by atoms with Crippen molar-refractivity contribution in [2.45, 2.75) is 50.7 Å². The highest BCUT2D eigenvalue weighted by molar-refractivity contribution is 4.94. The lowest BCUT2D eigenvalue weighted by Gasteiger charge is -2.24. The molecule has 1 aromatic heterocycles. The van der Waals surface area contributed by atoms with E-state index in [2.05, 4.69) is 10.4 Å². The Labute approximate surface area is 109 Å². The average molecular weight is 252 g/mol. The average Bonchev–Trinajstić information content (AvgIpc) is 2.81. The summed E-state index contributed by atoms with van der Waals surface area (Å²) in [4.78, 5) is 4.33. The monoisotopic (exact) mass is 252 g/mol. The maximum Gasteiger partial charge on any atom is 0.109 e. The van der Waals surface area contributed by atoms with Gasteiger partial charge in [0.2, 0.25) is 0 Å². The summed E-state index contributed by atoms with van der Waals surface area (Å²) in [6.45, 7) is 0.921. The Kier molecular flexibility index (Phi) is 5.16. The second-order valence-electron chi connectivity index (χ2n) is 5.09. The molecule has 5 heteroatoms. The summed E-state index contributed by atoms with van der Waals surface area (Å²) in [6, 6.07) is 0.275. The largest absolute Gasteiger partial charge is 0.378 e. The number of aromatic nitrogens is 2. The van der Waals surface area contributed by atoms with Crippen molar-refractivity contribution in [2.24, 2.45) is 12.9 Å². The maximum absolute atomic E-state index is 5.74. The molecule has 2 unspecified atom stereocenters. The van der Waals surface area contributed by atoms with E-state index < -0.39 is 0 Å². The third-order valence-corrected chi connectivity index (χ3v) is 3.70. The van der Waals surface area contributed by atoms with Crippen molar-refractivity contribution in [3.8, 4) is 0 Å². The molecule has 0 aliphatic carbocycles. The van der Waals surface area contributed by atoms with Crippen LogP contribution in [0.3, 0.4) is 0 Å². The zero-order valence-electron chi connectivity index (χ0n) is 11.1. The number of hydrazine groups is 1. The molecule has 0 aromatic carbocycles. The van der Waals surface area contributed by atoms with Crippen molar-refractivity contribution in [1.29, 1.82) is 0 Å². The fourth-order valence-electron chi connectivity index (χ4n) is 2.48. The molecule has 2 atom stereocenters. The van der Waals surface area contributed by atoms with Crippen molar-refractivity contribution >= 4 is 0 Å². The van der Waals surface area contributed by atoms with Crippen LogP contribution in [0.1, 0.15) is 37.9 Å². The molecule has 0 spiro atoms. The highest BCUT2D eigenvalue weighted by Gasteiger charge is 2.17. The molecule has 5 nitrogen and oxygen atoms in total. The fraction of sp³-hybridized carbons (Fsp3) is 0.769. The maximum atomic E-state index is 5.74. The number of ether oxygens (including phenoxy) is 1. The highest BCUT2D eigenvalue weighted by atomic mass is 16.5. The molecule has 0 radical (unpaired) electrons. The van der Waals surface area contributed by atoms with Gasteiger partial charge in [0.15, 0.2) is 0 Å². The summed E-state index contributed by atoms with van der Waals surface area (Å²) >= 11 is 0. The number of nitrogens with two attached hydrogens (primary N) is 1. The Balaban J connectivity index is 1.76. The van der Waals surface area contributed by atoms with E-state index in [1.165, 1.54) is 19.3 Å². The van der Waals surface area contributed by atoms with Gasteiger partial charge in [-0.3, -0.25) is 11.3 Å². The molecule has 1 aliphatic heterocycles. The summed E-state index contributed by atoms with van der Waals surface area (Å²) < 4.78 is 7.79. The van der Waals surface area contributed by atoms with Crippen LogP contribution in [0.25, 0.3) is 0 Å². The zero-order valence-corrected chi connectivity index (χ0v) is 11.1. The van der Waals surface area contributed by atoms with Crippen LogP contribution < -0.4 is 11.3 Å². The summed E-state index contributed by atoms with van der Waals surface area (Å²) in [5.74, 6) is 6.70. The van der Waals surface area contributed by atoms with Gasteiger partial charge < -0.3 is 9.30 Å². The lowest BCUT2D eigenvalue weighted by molar-refractivity contribution is 0.00854. The number of aryl methyl sites for hydroxylation is 1. The number of imidazole rings is 1. The van der Waals surface area contributed by atoms with Crippen LogP contribution >= 0.6 is 0 Å². The van der Waals surface area contributed by atoms with E-state index in [9.17, 15) is 0 Å². The number of hydrogen-bond donors (Lipinski definition) is 2. The van der Waals surface area contributed by atoms with Gasteiger partial charge in [-0.25, -0.2) is 4.98 Å². The Morgan fingerprint density at radius 2 is 2.50 bits per heavy atom. The van der Waals surface area contributed by atoms with E-state index in [1.807, 2.05) is 24.0 Å². The second-order valence-corrected chi connectivity index (χ2v) is 5.09. The minimum absolute atomic E-state index is 0.275. The molecule has 0 saturated carbocycles. The van der Waals surface area contributed by atoms with Crippen LogP contribution in [0.15, 0.2) is 12.4 Å². The summed E-state index contributed by atoms with van der Waals surface area (Å²) in [5, 5.41) is 0. The first-order valence-corrected chi connectivity index (χ1v) is 6.83. The van der Waals surface area contributed by atoms with Gasteiger partial charge in [0.1, 0.15) is 5.82 Å². The van der Waals surface area contributed by atoms with Gasteiger partial charge in [-0.1, -0.05) is 0 Å². The molecular formula is C13H24N4O. The minimum Gasteiger partial charge on any atom is -0.378 e. The molecule has 0 amide bonds. The lowest BCUT2D eigenvalue weighted by atomic mass is 10.0. The van der Waals surface area contributed by atoms with Gasteiger partial charge in [0, 0.05) is 38.5 Å². The van der Waals surface area contributed by atoms with Crippen LogP contribution in [0.4, 0.5) is 0 Å². The first kappa shape index (κ1) is 13.5. The Morgan fingerprint density at radius 1 is 1.61 bits per heavy atom. The fourth-order valence-corrected chi connectivity index (χ4v) is 2.48. The van der Waals surface area contributed by atoms with Gasteiger partial charge in [-0.05, 0) is 32.1 Å². The van der Waals surface area contributed by atoms with Crippen molar-refractivity contribution in [3.05, 3.63) is 18.2 Å². The van der Waals surface area contributed by atoms with Crippen LogP contribution in [-0.2, 0) is 18.2 Å². The molecule has 18 heavy (non-hydrogen) atoms. The van der Waals surface area contributed by atoms with Gasteiger partial charge in [0.05, 0.1) is 6.10 Å². The van der Waals surface area contributed by atoms with E-state index in [-0.39, 0.29) is 6.04 Å². The Hall–Kier alpha value is -0.910. The Morgan fingerprint density at radius 3 is 3.11 bits per heavy atom. The van der Waals surface area contributed by atoms with Crippen LogP contribution in [0, 0.1) is 0 Å². The molecule has 1 fully saturated rings. The topological polar surface area (TPSA) is 65.1 Å². The molecule has 1 saturated heterocycles. The predicted octanol–water partition coefficient (Wildman–Crippen LogP) is 1.14. The number of nitrogens with zero attached hydrogens (tertiary/aromatic N) is 2. The first-order chi connectivity index (χ1) is 8.79. The minimum atomic E-state index is 0.275. The molecule has 3 N–H and O–H groups in total. The van der Waals surface area contributed by atoms with Crippen molar-refractivity contribution in [1.82, 2.24) is 15.0 Å². The van der Waals surface area contributed by atoms with Crippen molar-refractivity contribution < 1.29 is 4.74 Å². The van der Waals surface area contributed by atoms with Gasteiger partial charge >= 0.3 is 0 Å². The van der Waals surface area contributed by atoms with Gasteiger partial charge in [-0.15, -0.1) is 0 Å². The molecule has 2 heterocycles.